The molecule has 0 radical (unpaired) electrons. The van der Waals surface area contributed by atoms with E-state index in [0.717, 1.165) is 11.3 Å². The van der Waals surface area contributed by atoms with Gasteiger partial charge in [-0.25, -0.2) is 0 Å². The van der Waals surface area contributed by atoms with Crippen molar-refractivity contribution >= 4 is 23.2 Å². The Bertz CT molecular complexity index is 647. The van der Waals surface area contributed by atoms with Gasteiger partial charge < -0.3 is 15.1 Å². The summed E-state index contributed by atoms with van der Waals surface area (Å²) >= 11 is 1.62. The second kappa shape index (κ2) is 7.97. The Morgan fingerprint density at radius 1 is 1.30 bits per heavy atom. The van der Waals surface area contributed by atoms with Crippen LogP contribution in [0.15, 0.2) is 34.3 Å². The van der Waals surface area contributed by atoms with E-state index >= 15 is 0 Å². The van der Waals surface area contributed by atoms with Gasteiger partial charge in [-0.3, -0.25) is 9.59 Å². The van der Waals surface area contributed by atoms with Crippen LogP contribution in [0.3, 0.4) is 0 Å². The molecule has 2 rings (SSSR count). The maximum Gasteiger partial charge on any atom is 0.255 e. The van der Waals surface area contributed by atoms with Gasteiger partial charge in [0.2, 0.25) is 5.91 Å². The van der Waals surface area contributed by atoms with Crippen molar-refractivity contribution in [3.8, 4) is 0 Å². The Labute approximate surface area is 140 Å². The summed E-state index contributed by atoms with van der Waals surface area (Å²) in [5, 5.41) is 7.62. The molecule has 0 bridgehead atoms. The monoisotopic (exact) mass is 334 g/mol. The van der Waals surface area contributed by atoms with E-state index in [1.165, 1.54) is 6.26 Å². The molecule has 0 saturated heterocycles. The van der Waals surface area contributed by atoms with Crippen molar-refractivity contribution in [2.75, 3.05) is 6.54 Å². The van der Waals surface area contributed by atoms with Crippen LogP contribution in [0.4, 0.5) is 0 Å². The molecule has 5 nitrogen and oxygen atoms in total. The van der Waals surface area contributed by atoms with E-state index in [4.69, 9.17) is 4.42 Å². The Balaban J connectivity index is 1.89. The fourth-order valence-corrected chi connectivity index (χ4v) is 3.12. The summed E-state index contributed by atoms with van der Waals surface area (Å²) in [6.07, 6.45) is 2.32. The summed E-state index contributed by atoms with van der Waals surface area (Å²) in [5.74, 6) is 0.506. The van der Waals surface area contributed by atoms with Crippen LogP contribution < -0.4 is 10.6 Å². The molecule has 6 heteroatoms. The second-order valence-corrected chi connectivity index (χ2v) is 6.82. The van der Waals surface area contributed by atoms with Gasteiger partial charge in [0, 0.05) is 4.88 Å². The van der Waals surface area contributed by atoms with E-state index < -0.39 is 0 Å². The Morgan fingerprint density at radius 2 is 2.09 bits per heavy atom. The zero-order valence-corrected chi connectivity index (χ0v) is 14.4. The molecular formula is C17H22N2O3S. The average molecular weight is 334 g/mol. The van der Waals surface area contributed by atoms with Crippen LogP contribution in [-0.2, 0) is 4.79 Å². The molecule has 0 spiro atoms. The zero-order valence-electron chi connectivity index (χ0n) is 13.6. The molecule has 0 aliphatic rings. The molecular weight excluding hydrogens is 312 g/mol. The van der Waals surface area contributed by atoms with E-state index in [1.54, 1.807) is 24.3 Å². The van der Waals surface area contributed by atoms with Crippen molar-refractivity contribution < 1.29 is 14.0 Å². The fourth-order valence-electron chi connectivity index (χ4n) is 2.33. The highest BCUT2D eigenvalue weighted by molar-refractivity contribution is 7.10. The Morgan fingerprint density at radius 3 is 2.65 bits per heavy atom. The maximum absolute atomic E-state index is 12.1. The molecule has 2 aromatic rings. The predicted octanol–water partition coefficient (Wildman–Crippen LogP) is 3.28. The summed E-state index contributed by atoms with van der Waals surface area (Å²) < 4.78 is 5.09. The predicted molar refractivity (Wildman–Crippen MR) is 90.4 cm³/mol. The number of hydrogen-bond donors (Lipinski definition) is 2. The number of hydrogen-bond acceptors (Lipinski definition) is 4. The summed E-state index contributed by atoms with van der Waals surface area (Å²) in [4.78, 5) is 25.2. The first kappa shape index (κ1) is 17.3. The van der Waals surface area contributed by atoms with Gasteiger partial charge in [0.1, 0.15) is 5.76 Å². The van der Waals surface area contributed by atoms with Crippen LogP contribution in [0.1, 0.15) is 47.3 Å². The minimum absolute atomic E-state index is 0.0185. The van der Waals surface area contributed by atoms with Crippen LogP contribution in [0.25, 0.3) is 0 Å². The van der Waals surface area contributed by atoms with Crippen LogP contribution in [0, 0.1) is 12.8 Å². The fraction of sp³-hybridized carbons (Fsp3) is 0.412. The molecule has 1 atom stereocenters. The number of rotatable bonds is 7. The van der Waals surface area contributed by atoms with E-state index in [9.17, 15) is 9.59 Å². The third-order valence-corrected chi connectivity index (χ3v) is 4.43. The smallest absolute Gasteiger partial charge is 0.255 e. The summed E-state index contributed by atoms with van der Waals surface area (Å²) in [5.41, 5.74) is 0.454. The third kappa shape index (κ3) is 4.96. The van der Waals surface area contributed by atoms with Crippen LogP contribution in [0.5, 0.6) is 0 Å². The van der Waals surface area contributed by atoms with Gasteiger partial charge in [-0.15, -0.1) is 11.3 Å². The topological polar surface area (TPSA) is 71.3 Å². The molecule has 0 aromatic carbocycles. The number of nitrogens with one attached hydrogen (secondary N) is 2. The van der Waals surface area contributed by atoms with Crippen LogP contribution in [-0.4, -0.2) is 18.4 Å². The molecule has 2 amide bonds. The van der Waals surface area contributed by atoms with Gasteiger partial charge in [-0.1, -0.05) is 19.9 Å². The van der Waals surface area contributed by atoms with Crippen molar-refractivity contribution in [3.63, 3.8) is 0 Å². The average Bonchev–Trinajstić information content (AvgIpc) is 3.14. The van der Waals surface area contributed by atoms with Crippen molar-refractivity contribution in [3.05, 3.63) is 46.0 Å². The Hall–Kier alpha value is -2.08. The van der Waals surface area contributed by atoms with Gasteiger partial charge in [0.15, 0.2) is 0 Å². The van der Waals surface area contributed by atoms with E-state index in [0.29, 0.717) is 17.2 Å². The van der Waals surface area contributed by atoms with Crippen molar-refractivity contribution in [2.24, 2.45) is 5.92 Å². The second-order valence-electron chi connectivity index (χ2n) is 5.84. The highest BCUT2D eigenvalue weighted by Gasteiger charge is 2.18. The quantitative estimate of drug-likeness (QED) is 0.816. The first-order valence-corrected chi connectivity index (χ1v) is 8.50. The lowest BCUT2D eigenvalue weighted by Crippen LogP contribution is -2.38. The highest BCUT2D eigenvalue weighted by atomic mass is 32.1. The first-order chi connectivity index (χ1) is 11.0. The van der Waals surface area contributed by atoms with Gasteiger partial charge in [0.05, 0.1) is 24.4 Å². The molecule has 0 aliphatic carbocycles. The normalized spacial score (nSPS) is 12.2. The van der Waals surface area contributed by atoms with E-state index in [1.807, 2.05) is 17.5 Å². The Kier molecular flexibility index (Phi) is 5.98. The maximum atomic E-state index is 12.1. The third-order valence-electron chi connectivity index (χ3n) is 3.44. The molecule has 2 aromatic heterocycles. The van der Waals surface area contributed by atoms with Gasteiger partial charge >= 0.3 is 0 Å². The summed E-state index contributed by atoms with van der Waals surface area (Å²) in [7, 11) is 0. The SMILES string of the molecule is Cc1occc1C(=O)NCC(=O)NC(CC(C)C)c1cccs1. The molecule has 2 heterocycles. The largest absolute Gasteiger partial charge is 0.469 e. The standard InChI is InChI=1S/C17H22N2O3S/c1-11(2)9-14(15-5-4-8-23-15)19-16(20)10-18-17(21)13-6-7-22-12(13)3/h4-8,11,14H,9-10H2,1-3H3,(H,18,21)(H,19,20). The van der Waals surface area contributed by atoms with Crippen molar-refractivity contribution in [2.45, 2.75) is 33.2 Å². The number of thiophene rings is 1. The number of aryl methyl sites for hydroxylation is 1. The lowest BCUT2D eigenvalue weighted by molar-refractivity contribution is -0.120. The number of amides is 2. The lowest BCUT2D eigenvalue weighted by Gasteiger charge is -2.19. The molecule has 0 saturated carbocycles. The van der Waals surface area contributed by atoms with E-state index in [-0.39, 0.29) is 24.4 Å². The highest BCUT2D eigenvalue weighted by Crippen LogP contribution is 2.25. The first-order valence-electron chi connectivity index (χ1n) is 7.62. The number of furan rings is 1. The minimum Gasteiger partial charge on any atom is -0.469 e. The van der Waals surface area contributed by atoms with Crippen LogP contribution in [0.2, 0.25) is 0 Å². The van der Waals surface area contributed by atoms with Gasteiger partial charge in [-0.05, 0) is 36.8 Å². The molecule has 1 unspecified atom stereocenters. The molecule has 2 N–H and O–H groups in total. The zero-order chi connectivity index (χ0) is 16.8. The van der Waals surface area contributed by atoms with Gasteiger partial charge in [0.25, 0.3) is 5.91 Å². The van der Waals surface area contributed by atoms with Crippen molar-refractivity contribution in [1.29, 1.82) is 0 Å². The van der Waals surface area contributed by atoms with Crippen molar-refractivity contribution in [1.82, 2.24) is 10.6 Å². The molecule has 0 aliphatic heterocycles. The molecule has 0 fully saturated rings. The van der Waals surface area contributed by atoms with Gasteiger partial charge in [-0.2, -0.15) is 0 Å². The summed E-state index contributed by atoms with van der Waals surface area (Å²) in [6.45, 7) is 5.90. The number of carbonyl (C=O) groups is 2. The minimum atomic E-state index is -0.303. The van der Waals surface area contributed by atoms with Crippen LogP contribution >= 0.6 is 11.3 Å². The van der Waals surface area contributed by atoms with E-state index in [2.05, 4.69) is 24.5 Å². The molecule has 23 heavy (non-hydrogen) atoms. The lowest BCUT2D eigenvalue weighted by atomic mass is 10.0. The molecule has 124 valence electrons. The number of carbonyl (C=O) groups excluding carboxylic acids is 2. The summed E-state index contributed by atoms with van der Waals surface area (Å²) in [6, 6.07) is 5.57.